The van der Waals surface area contributed by atoms with Crippen molar-refractivity contribution in [3.8, 4) is 0 Å². The zero-order chi connectivity index (χ0) is 38.8. The molecule has 0 amide bonds. The van der Waals surface area contributed by atoms with Crippen LogP contribution in [0, 0.1) is 0 Å². The van der Waals surface area contributed by atoms with E-state index in [1.165, 1.54) is 0 Å². The number of unbranched alkanes of at least 4 members (excludes halogenated alkanes) is 1. The quantitative estimate of drug-likeness (QED) is 0.0550. The van der Waals surface area contributed by atoms with Crippen LogP contribution in [0.25, 0.3) is 0 Å². The third kappa shape index (κ3) is 16.9. The molecule has 0 heterocycles. The highest BCUT2D eigenvalue weighted by Crippen LogP contribution is 2.51. The lowest BCUT2D eigenvalue weighted by atomic mass is 10.2. The molecule has 0 aliphatic rings. The molecule has 0 bridgehead atoms. The Kier molecular flexibility index (Phi) is 18.5. The Hall–Kier alpha value is -0.352. The fraction of sp³-hybridized carbons (Fsp3) is 1.00. The molecule has 0 aliphatic carbocycles. The molecule has 0 aromatic rings. The van der Waals surface area contributed by atoms with Crippen molar-refractivity contribution in [1.82, 2.24) is 0 Å². The Balaban J connectivity index is 5.17. The van der Waals surface area contributed by atoms with Crippen LogP contribution in [-0.2, 0) is 26.9 Å². The third-order valence-corrected chi connectivity index (χ3v) is 28.5. The lowest BCUT2D eigenvalue weighted by Crippen LogP contribution is -2.60. The van der Waals surface area contributed by atoms with E-state index >= 15 is 0 Å². The number of hydrogen-bond acceptors (Lipinski definition) is 6. The molecule has 296 valence electrons. The summed E-state index contributed by atoms with van der Waals surface area (Å²) in [5.74, 6) is -12.9. The van der Waals surface area contributed by atoms with E-state index in [-0.39, 0.29) is 19.6 Å². The smallest absolute Gasteiger partial charge is 0.456 e. The first kappa shape index (κ1) is 48.6. The molecule has 24 heteroatoms. The molecule has 0 N–H and O–H groups in total. The van der Waals surface area contributed by atoms with Gasteiger partial charge in [0.2, 0.25) is 0 Å². The topological polar surface area (TPSA) is 55.4 Å². The summed E-state index contributed by atoms with van der Waals surface area (Å²) in [5, 5.41) is 0. The molecular weight excluding hydrogens is 775 g/mol. The molecule has 3 atom stereocenters. The van der Waals surface area contributed by atoms with Crippen LogP contribution < -0.4 is 0 Å². The van der Waals surface area contributed by atoms with Crippen molar-refractivity contribution in [1.29, 1.82) is 0 Å². The lowest BCUT2D eigenvalue weighted by molar-refractivity contribution is -0.486. The lowest BCUT2D eigenvalue weighted by Gasteiger charge is -2.42. The summed E-state index contributed by atoms with van der Waals surface area (Å²) in [4.78, 5) is 0. The van der Waals surface area contributed by atoms with Crippen molar-refractivity contribution in [2.75, 3.05) is 33.0 Å². The highest BCUT2D eigenvalue weighted by molar-refractivity contribution is 7.29. The summed E-state index contributed by atoms with van der Waals surface area (Å²) < 4.78 is 211. The average Bonchev–Trinajstić information content (AvgIpc) is 2.88. The van der Waals surface area contributed by atoms with Gasteiger partial charge in [-0.2, -0.15) is 61.5 Å². The van der Waals surface area contributed by atoms with E-state index in [4.69, 9.17) is 17.4 Å². The fourth-order valence-electron chi connectivity index (χ4n) is 4.31. The maximum absolute atomic E-state index is 14.3. The van der Waals surface area contributed by atoms with Crippen LogP contribution in [0.5, 0.6) is 0 Å². The van der Waals surface area contributed by atoms with Gasteiger partial charge in [0, 0.05) is 19.8 Å². The SMILES string of the molecule is CCCC[Si](C)(O[Si](C)(C)CCCOCCC(F)(F)F)[SiH](C)O[Si](C)(C)OCCCOCC(F)(OC(F)(F)C(F)(F)C(F)(F)F)C(F)(F)F. The zero-order valence-electron chi connectivity index (χ0n) is 28.3. The van der Waals surface area contributed by atoms with E-state index in [0.717, 1.165) is 18.9 Å². The minimum atomic E-state index is -7.15. The first-order chi connectivity index (χ1) is 21.8. The van der Waals surface area contributed by atoms with Crippen LogP contribution in [0.1, 0.15) is 39.0 Å². The normalized spacial score (nSPS) is 17.6. The summed E-state index contributed by atoms with van der Waals surface area (Å²) in [7, 11) is -9.88. The molecule has 0 fully saturated rings. The standard InChI is InChI=1S/C25H46F14O6Si4/c1-8-9-18-49(7,45-47(3,4)17-11-14-40-16-12-21(27,28)29)46(2)44-48(5,6)42-15-10-13-41-19-20(26,23(32,33)34)43-25(38,39)22(30,31)24(35,36)37/h46H,8-19H2,1-7H3. The van der Waals surface area contributed by atoms with E-state index in [1.54, 1.807) is 13.1 Å². The Morgan fingerprint density at radius 3 is 1.67 bits per heavy atom. The van der Waals surface area contributed by atoms with Crippen LogP contribution in [-0.4, -0.2) is 103 Å². The molecule has 6 nitrogen and oxygen atoms in total. The molecule has 49 heavy (non-hydrogen) atoms. The van der Waals surface area contributed by atoms with Gasteiger partial charge >= 0.3 is 45.0 Å². The van der Waals surface area contributed by atoms with Gasteiger partial charge < -0.3 is 22.1 Å². The minimum absolute atomic E-state index is 0.153. The van der Waals surface area contributed by atoms with Crippen LogP contribution in [0.2, 0.25) is 51.4 Å². The number of ether oxygens (including phenoxy) is 3. The molecule has 0 aliphatic heterocycles. The molecular formula is C25H46F14O6Si4. The summed E-state index contributed by atoms with van der Waals surface area (Å²) in [6.07, 6.45) is -23.8. The van der Waals surface area contributed by atoms with Gasteiger partial charge in [0.15, 0.2) is 24.7 Å². The zero-order valence-corrected chi connectivity index (χ0v) is 32.5. The van der Waals surface area contributed by atoms with Gasteiger partial charge in [-0.15, -0.1) is 0 Å². The Morgan fingerprint density at radius 1 is 0.633 bits per heavy atom. The van der Waals surface area contributed by atoms with Crippen molar-refractivity contribution in [2.24, 2.45) is 0 Å². The Labute approximate surface area is 281 Å². The van der Waals surface area contributed by atoms with Crippen molar-refractivity contribution in [3.05, 3.63) is 0 Å². The predicted octanol–water partition coefficient (Wildman–Crippen LogP) is 9.55. The van der Waals surface area contributed by atoms with Gasteiger partial charge in [0.05, 0.1) is 13.0 Å². The second-order valence-corrected chi connectivity index (χ2v) is 32.1. The predicted molar refractivity (Wildman–Crippen MR) is 161 cm³/mol. The molecule has 0 saturated carbocycles. The number of rotatable bonds is 24. The van der Waals surface area contributed by atoms with E-state index in [2.05, 4.69) is 9.47 Å². The van der Waals surface area contributed by atoms with Crippen molar-refractivity contribution in [2.45, 2.75) is 127 Å². The largest absolute Gasteiger partial charge is 0.462 e. The summed E-state index contributed by atoms with van der Waals surface area (Å²) >= 11 is 0. The highest BCUT2D eigenvalue weighted by Gasteiger charge is 2.78. The number of hydrogen-bond donors (Lipinski definition) is 0. The molecule has 0 aromatic heterocycles. The van der Waals surface area contributed by atoms with Crippen LogP contribution in [0.4, 0.5) is 61.5 Å². The summed E-state index contributed by atoms with van der Waals surface area (Å²) in [6, 6.07) is 1.40. The summed E-state index contributed by atoms with van der Waals surface area (Å²) in [5.41, 5.74) is 0. The number of alkyl halides is 14. The van der Waals surface area contributed by atoms with Crippen LogP contribution >= 0.6 is 0 Å². The molecule has 3 unspecified atom stereocenters. The average molecular weight is 821 g/mol. The molecule has 0 saturated heterocycles. The molecule has 0 radical (unpaired) electrons. The molecule has 0 spiro atoms. The van der Waals surface area contributed by atoms with E-state index in [1.807, 2.05) is 33.1 Å². The first-order valence-corrected chi connectivity index (χ1v) is 27.3. The van der Waals surface area contributed by atoms with E-state index in [0.29, 0.717) is 12.5 Å². The fourth-order valence-corrected chi connectivity index (χ4v) is 29.6. The number of halogens is 14. The summed E-state index contributed by atoms with van der Waals surface area (Å²) in [6.45, 7) is 9.56. The minimum Gasteiger partial charge on any atom is -0.456 e. The first-order valence-electron chi connectivity index (χ1n) is 15.3. The second-order valence-electron chi connectivity index (χ2n) is 12.7. The monoisotopic (exact) mass is 820 g/mol. The van der Waals surface area contributed by atoms with Crippen molar-refractivity contribution >= 4 is 33.3 Å². The highest BCUT2D eigenvalue weighted by atomic mass is 29.3. The van der Waals surface area contributed by atoms with E-state index in [9.17, 15) is 61.5 Å². The third-order valence-electron chi connectivity index (χ3n) is 7.06. The van der Waals surface area contributed by atoms with Gasteiger partial charge in [-0.1, -0.05) is 19.8 Å². The van der Waals surface area contributed by atoms with Gasteiger partial charge in [-0.05, 0) is 64.2 Å². The van der Waals surface area contributed by atoms with E-state index < -0.39 is 95.9 Å². The Morgan fingerprint density at radius 2 is 1.18 bits per heavy atom. The van der Waals surface area contributed by atoms with Crippen molar-refractivity contribution < 1.29 is 88.3 Å². The maximum Gasteiger partial charge on any atom is 0.462 e. The van der Waals surface area contributed by atoms with Gasteiger partial charge in [0.1, 0.15) is 6.61 Å². The molecule has 0 rings (SSSR count). The van der Waals surface area contributed by atoms with Gasteiger partial charge in [-0.25, -0.2) is 0 Å². The van der Waals surface area contributed by atoms with Gasteiger partial charge in [-0.3, -0.25) is 4.74 Å². The Bertz CT molecular complexity index is 972. The van der Waals surface area contributed by atoms with Crippen LogP contribution in [0.3, 0.4) is 0 Å². The van der Waals surface area contributed by atoms with Gasteiger partial charge in [0.25, 0.3) is 0 Å². The molecule has 0 aromatic carbocycles. The van der Waals surface area contributed by atoms with Crippen molar-refractivity contribution in [3.63, 3.8) is 0 Å². The maximum atomic E-state index is 14.3. The van der Waals surface area contributed by atoms with Crippen LogP contribution in [0.15, 0.2) is 0 Å². The second kappa shape index (κ2) is 18.6.